The maximum absolute atomic E-state index is 6.42. The monoisotopic (exact) mass is 282 g/mol. The number of piperidine rings is 1. The fraction of sp³-hybridized carbons (Fsp3) is 0.600. The Hall–Kier alpha value is -0.770. The summed E-state index contributed by atoms with van der Waals surface area (Å²) >= 11 is 6.42. The molecule has 1 aromatic rings. The Morgan fingerprint density at radius 2 is 2.32 bits per heavy atom. The Kier molecular flexibility index (Phi) is 5.49. The number of rotatable bonds is 5. The molecule has 1 heterocycles. The number of benzene rings is 1. The lowest BCUT2D eigenvalue weighted by Crippen LogP contribution is -2.39. The first-order valence-corrected chi connectivity index (χ1v) is 7.39. The van der Waals surface area contributed by atoms with Crippen LogP contribution in [0.3, 0.4) is 0 Å². The zero-order valence-electron chi connectivity index (χ0n) is 11.8. The van der Waals surface area contributed by atoms with Crippen LogP contribution in [0.25, 0.3) is 0 Å². The first kappa shape index (κ1) is 14.6. The molecule has 0 amide bonds. The number of hydrogen-bond donors (Lipinski definition) is 1. The van der Waals surface area contributed by atoms with Crippen LogP contribution in [-0.2, 0) is 11.3 Å². The number of methoxy groups -OCH3 is 1. The highest BCUT2D eigenvalue weighted by atomic mass is 35.5. The van der Waals surface area contributed by atoms with E-state index in [1.165, 1.54) is 5.56 Å². The van der Waals surface area contributed by atoms with Gasteiger partial charge in [-0.1, -0.05) is 24.6 Å². The summed E-state index contributed by atoms with van der Waals surface area (Å²) in [6.45, 7) is 5.95. The van der Waals surface area contributed by atoms with Crippen molar-refractivity contribution in [1.29, 1.82) is 0 Å². The van der Waals surface area contributed by atoms with E-state index in [4.69, 9.17) is 16.3 Å². The molecule has 1 aliphatic rings. The zero-order chi connectivity index (χ0) is 13.7. The zero-order valence-corrected chi connectivity index (χ0v) is 12.5. The van der Waals surface area contributed by atoms with Crippen LogP contribution in [-0.4, -0.2) is 32.8 Å². The Labute approximate surface area is 120 Å². The number of nitrogens with zero attached hydrogens (tertiary/aromatic N) is 1. The standard InChI is InChI=1S/C15H23ClN2O/c1-3-17-10-12-6-7-15(14(16)9-12)18-8-4-5-13(11-18)19-2/h6-7,9,13,17H,3-5,8,10-11H2,1-2H3. The van der Waals surface area contributed by atoms with Crippen molar-refractivity contribution in [1.82, 2.24) is 5.32 Å². The molecule has 1 fully saturated rings. The molecule has 0 radical (unpaired) electrons. The highest BCUT2D eigenvalue weighted by Gasteiger charge is 2.21. The second-order valence-corrected chi connectivity index (χ2v) is 5.42. The van der Waals surface area contributed by atoms with E-state index in [1.807, 2.05) is 0 Å². The molecule has 1 aliphatic heterocycles. The van der Waals surface area contributed by atoms with Gasteiger partial charge in [-0.25, -0.2) is 0 Å². The van der Waals surface area contributed by atoms with Crippen molar-refractivity contribution in [2.24, 2.45) is 0 Å². The van der Waals surface area contributed by atoms with E-state index >= 15 is 0 Å². The van der Waals surface area contributed by atoms with Crippen LogP contribution in [0.2, 0.25) is 5.02 Å². The molecule has 106 valence electrons. The fourth-order valence-corrected chi connectivity index (χ4v) is 2.86. The molecular weight excluding hydrogens is 260 g/mol. The summed E-state index contributed by atoms with van der Waals surface area (Å²) < 4.78 is 5.46. The molecule has 0 bridgehead atoms. The van der Waals surface area contributed by atoms with Gasteiger partial charge in [0, 0.05) is 26.7 Å². The lowest BCUT2D eigenvalue weighted by atomic mass is 10.1. The summed E-state index contributed by atoms with van der Waals surface area (Å²) in [5, 5.41) is 4.15. The number of anilines is 1. The van der Waals surface area contributed by atoms with E-state index in [0.717, 1.165) is 49.7 Å². The number of hydrogen-bond acceptors (Lipinski definition) is 3. The molecule has 1 atom stereocenters. The van der Waals surface area contributed by atoms with Crippen molar-refractivity contribution in [3.05, 3.63) is 28.8 Å². The van der Waals surface area contributed by atoms with Gasteiger partial charge in [-0.2, -0.15) is 0 Å². The van der Waals surface area contributed by atoms with Crippen LogP contribution in [0.1, 0.15) is 25.3 Å². The lowest BCUT2D eigenvalue weighted by molar-refractivity contribution is 0.0893. The molecule has 0 spiro atoms. The van der Waals surface area contributed by atoms with E-state index in [1.54, 1.807) is 7.11 Å². The van der Waals surface area contributed by atoms with Crippen molar-refractivity contribution in [3.63, 3.8) is 0 Å². The average Bonchev–Trinajstić information content (AvgIpc) is 2.45. The van der Waals surface area contributed by atoms with Gasteiger partial charge in [-0.05, 0) is 37.1 Å². The van der Waals surface area contributed by atoms with Crippen LogP contribution in [0.4, 0.5) is 5.69 Å². The highest BCUT2D eigenvalue weighted by Crippen LogP contribution is 2.29. The Bertz CT molecular complexity index is 411. The highest BCUT2D eigenvalue weighted by molar-refractivity contribution is 6.33. The van der Waals surface area contributed by atoms with E-state index < -0.39 is 0 Å². The van der Waals surface area contributed by atoms with Crippen molar-refractivity contribution in [3.8, 4) is 0 Å². The molecule has 0 aromatic heterocycles. The Balaban J connectivity index is 2.07. The van der Waals surface area contributed by atoms with E-state index in [2.05, 4.69) is 35.3 Å². The molecule has 3 nitrogen and oxygen atoms in total. The van der Waals surface area contributed by atoms with Crippen molar-refractivity contribution in [2.45, 2.75) is 32.4 Å². The number of nitrogens with one attached hydrogen (secondary N) is 1. The lowest BCUT2D eigenvalue weighted by Gasteiger charge is -2.34. The summed E-state index contributed by atoms with van der Waals surface area (Å²) in [6, 6.07) is 6.35. The van der Waals surface area contributed by atoms with Crippen LogP contribution in [0, 0.1) is 0 Å². The molecule has 4 heteroatoms. The van der Waals surface area contributed by atoms with Gasteiger partial charge < -0.3 is 15.0 Å². The molecule has 2 rings (SSSR count). The van der Waals surface area contributed by atoms with Crippen LogP contribution < -0.4 is 10.2 Å². The molecule has 1 unspecified atom stereocenters. The fourth-order valence-electron chi connectivity index (χ4n) is 2.54. The van der Waals surface area contributed by atoms with Gasteiger partial charge in [0.05, 0.1) is 16.8 Å². The van der Waals surface area contributed by atoms with Gasteiger partial charge in [0.15, 0.2) is 0 Å². The normalized spacial score (nSPS) is 19.7. The second-order valence-electron chi connectivity index (χ2n) is 5.01. The third kappa shape index (κ3) is 3.85. The second kappa shape index (κ2) is 7.13. The molecule has 19 heavy (non-hydrogen) atoms. The van der Waals surface area contributed by atoms with Gasteiger partial charge >= 0.3 is 0 Å². The molecule has 0 aliphatic carbocycles. The van der Waals surface area contributed by atoms with Gasteiger partial charge in [0.1, 0.15) is 0 Å². The molecule has 1 saturated heterocycles. The number of ether oxygens (including phenoxy) is 1. The van der Waals surface area contributed by atoms with Gasteiger partial charge in [0.2, 0.25) is 0 Å². The van der Waals surface area contributed by atoms with Crippen LogP contribution >= 0.6 is 11.6 Å². The average molecular weight is 283 g/mol. The molecule has 0 saturated carbocycles. The van der Waals surface area contributed by atoms with Crippen LogP contribution in [0.5, 0.6) is 0 Å². The summed E-state index contributed by atoms with van der Waals surface area (Å²) in [5.74, 6) is 0. The predicted octanol–water partition coefficient (Wildman–Crippen LogP) is 3.06. The number of halogens is 1. The topological polar surface area (TPSA) is 24.5 Å². The maximum Gasteiger partial charge on any atom is 0.0746 e. The predicted molar refractivity (Wildman–Crippen MR) is 81.1 cm³/mol. The minimum absolute atomic E-state index is 0.325. The summed E-state index contributed by atoms with van der Waals surface area (Å²) in [6.07, 6.45) is 2.63. The van der Waals surface area contributed by atoms with Crippen molar-refractivity contribution >= 4 is 17.3 Å². The maximum atomic E-state index is 6.42. The summed E-state index contributed by atoms with van der Waals surface area (Å²) in [7, 11) is 1.79. The van der Waals surface area contributed by atoms with Gasteiger partial charge in [-0.3, -0.25) is 0 Å². The first-order valence-electron chi connectivity index (χ1n) is 7.01. The third-order valence-electron chi connectivity index (χ3n) is 3.64. The molecule has 1 aromatic carbocycles. The molecule has 1 N–H and O–H groups in total. The SMILES string of the molecule is CCNCc1ccc(N2CCCC(OC)C2)c(Cl)c1. The van der Waals surface area contributed by atoms with Crippen molar-refractivity contribution in [2.75, 3.05) is 31.6 Å². The van der Waals surface area contributed by atoms with Gasteiger partial charge in [-0.15, -0.1) is 0 Å². The quantitative estimate of drug-likeness (QED) is 0.898. The Morgan fingerprint density at radius 1 is 1.47 bits per heavy atom. The third-order valence-corrected chi connectivity index (χ3v) is 3.95. The molecular formula is C15H23ClN2O. The van der Waals surface area contributed by atoms with E-state index in [9.17, 15) is 0 Å². The van der Waals surface area contributed by atoms with Crippen LogP contribution in [0.15, 0.2) is 18.2 Å². The largest absolute Gasteiger partial charge is 0.380 e. The Morgan fingerprint density at radius 3 is 3.00 bits per heavy atom. The minimum Gasteiger partial charge on any atom is -0.380 e. The first-order chi connectivity index (χ1) is 9.24. The smallest absolute Gasteiger partial charge is 0.0746 e. The summed E-state index contributed by atoms with van der Waals surface area (Å²) in [5.41, 5.74) is 2.36. The minimum atomic E-state index is 0.325. The van der Waals surface area contributed by atoms with Gasteiger partial charge in [0.25, 0.3) is 0 Å². The van der Waals surface area contributed by atoms with Crippen molar-refractivity contribution < 1.29 is 4.74 Å². The van der Waals surface area contributed by atoms with E-state index in [-0.39, 0.29) is 0 Å². The summed E-state index contributed by atoms with van der Waals surface area (Å²) in [4.78, 5) is 2.33. The van der Waals surface area contributed by atoms with E-state index in [0.29, 0.717) is 6.10 Å².